The van der Waals surface area contributed by atoms with Gasteiger partial charge in [-0.15, -0.1) is 0 Å². The molecule has 2 aromatic rings. The predicted molar refractivity (Wildman–Crippen MR) is 92.5 cm³/mol. The van der Waals surface area contributed by atoms with Crippen molar-refractivity contribution in [3.8, 4) is 5.75 Å². The molecular weight excluding hydrogens is 398 g/mol. The highest BCUT2D eigenvalue weighted by atomic mass is 79.9. The Bertz CT molecular complexity index is 834. The van der Waals surface area contributed by atoms with Crippen LogP contribution in [0.15, 0.2) is 51.8 Å². The number of esters is 1. The van der Waals surface area contributed by atoms with Crippen LogP contribution in [0.5, 0.6) is 5.75 Å². The van der Waals surface area contributed by atoms with E-state index in [9.17, 15) is 13.2 Å². The first-order valence-electron chi connectivity index (χ1n) is 6.88. The molecular formula is C16H16BrNO5S. The van der Waals surface area contributed by atoms with Crippen LogP contribution in [0.25, 0.3) is 0 Å². The van der Waals surface area contributed by atoms with Gasteiger partial charge in [-0.3, -0.25) is 0 Å². The van der Waals surface area contributed by atoms with Crippen molar-refractivity contribution in [3.05, 3.63) is 58.1 Å². The first kappa shape index (κ1) is 18.4. The summed E-state index contributed by atoms with van der Waals surface area (Å²) in [6.45, 7) is 0.0341. The summed E-state index contributed by atoms with van der Waals surface area (Å²) in [7, 11) is -0.937. The zero-order chi connectivity index (χ0) is 17.7. The molecule has 0 unspecified atom stereocenters. The van der Waals surface area contributed by atoms with Crippen LogP contribution in [0.3, 0.4) is 0 Å². The Balaban J connectivity index is 2.19. The maximum absolute atomic E-state index is 12.3. The van der Waals surface area contributed by atoms with E-state index in [1.165, 1.54) is 32.4 Å². The Labute approximate surface area is 149 Å². The molecule has 0 fully saturated rings. The van der Waals surface area contributed by atoms with E-state index in [1.807, 2.05) is 0 Å². The number of halogens is 1. The molecule has 0 heterocycles. The van der Waals surface area contributed by atoms with Crippen molar-refractivity contribution in [1.82, 2.24) is 4.72 Å². The number of hydrogen-bond acceptors (Lipinski definition) is 5. The van der Waals surface area contributed by atoms with Crippen LogP contribution in [-0.4, -0.2) is 28.6 Å². The van der Waals surface area contributed by atoms with Crippen LogP contribution in [0.4, 0.5) is 0 Å². The first-order valence-corrected chi connectivity index (χ1v) is 9.15. The lowest BCUT2D eigenvalue weighted by molar-refractivity contribution is 0.0597. The number of carbonyl (C=O) groups excluding carboxylic acids is 1. The normalized spacial score (nSPS) is 11.1. The number of benzene rings is 2. The van der Waals surface area contributed by atoms with Crippen LogP contribution < -0.4 is 9.46 Å². The molecule has 1 N–H and O–H groups in total. The van der Waals surface area contributed by atoms with Gasteiger partial charge in [0.15, 0.2) is 0 Å². The van der Waals surface area contributed by atoms with E-state index in [2.05, 4.69) is 20.7 Å². The Morgan fingerprint density at radius 3 is 2.38 bits per heavy atom. The molecule has 2 aromatic carbocycles. The number of carbonyl (C=O) groups is 1. The van der Waals surface area contributed by atoms with Crippen molar-refractivity contribution in [3.63, 3.8) is 0 Å². The van der Waals surface area contributed by atoms with Crippen molar-refractivity contribution < 1.29 is 22.7 Å². The van der Waals surface area contributed by atoms with E-state index in [0.717, 1.165) is 4.47 Å². The van der Waals surface area contributed by atoms with Crippen molar-refractivity contribution in [2.75, 3.05) is 14.2 Å². The molecule has 8 heteroatoms. The maximum Gasteiger partial charge on any atom is 0.341 e. The van der Waals surface area contributed by atoms with Gasteiger partial charge >= 0.3 is 5.97 Å². The summed E-state index contributed by atoms with van der Waals surface area (Å²) in [5.41, 5.74) is 0.845. The van der Waals surface area contributed by atoms with Gasteiger partial charge in [-0.25, -0.2) is 17.9 Å². The third kappa shape index (κ3) is 4.34. The van der Waals surface area contributed by atoms with Gasteiger partial charge in [0.2, 0.25) is 10.0 Å². The van der Waals surface area contributed by atoms with E-state index in [-0.39, 0.29) is 17.0 Å². The third-order valence-electron chi connectivity index (χ3n) is 3.26. The Morgan fingerprint density at radius 2 is 1.79 bits per heavy atom. The van der Waals surface area contributed by atoms with Gasteiger partial charge in [0.25, 0.3) is 0 Å². The first-order chi connectivity index (χ1) is 11.4. The van der Waals surface area contributed by atoms with Crippen molar-refractivity contribution in [1.29, 1.82) is 0 Å². The lowest BCUT2D eigenvalue weighted by atomic mass is 10.1. The standard InChI is InChI=1S/C16H16BrNO5S/c1-22-15-8-3-11(9-14(15)16(19)23-2)10-18-24(20,21)13-6-4-12(17)5-7-13/h3-9,18H,10H2,1-2H3. The number of nitrogens with one attached hydrogen (secondary N) is 1. The molecule has 0 atom stereocenters. The fourth-order valence-corrected chi connectivity index (χ4v) is 3.29. The van der Waals surface area contributed by atoms with Gasteiger partial charge in [0.05, 0.1) is 19.1 Å². The van der Waals surface area contributed by atoms with E-state index in [0.29, 0.717) is 11.3 Å². The van der Waals surface area contributed by atoms with Crippen molar-refractivity contribution in [2.45, 2.75) is 11.4 Å². The average molecular weight is 414 g/mol. The van der Waals surface area contributed by atoms with Gasteiger partial charge in [-0.05, 0) is 42.0 Å². The highest BCUT2D eigenvalue weighted by molar-refractivity contribution is 9.10. The van der Waals surface area contributed by atoms with E-state index in [4.69, 9.17) is 9.47 Å². The molecule has 128 valence electrons. The van der Waals surface area contributed by atoms with Crippen LogP contribution in [0.2, 0.25) is 0 Å². The summed E-state index contributed by atoms with van der Waals surface area (Å²) in [6, 6.07) is 11.1. The quantitative estimate of drug-likeness (QED) is 0.736. The molecule has 0 radical (unpaired) electrons. The molecule has 6 nitrogen and oxygen atoms in total. The van der Waals surface area contributed by atoms with E-state index in [1.54, 1.807) is 24.3 Å². The SMILES string of the molecule is COC(=O)c1cc(CNS(=O)(=O)c2ccc(Br)cc2)ccc1OC. The van der Waals surface area contributed by atoms with Crippen LogP contribution in [-0.2, 0) is 21.3 Å². The van der Waals surface area contributed by atoms with Gasteiger partial charge in [-0.2, -0.15) is 0 Å². The smallest absolute Gasteiger partial charge is 0.341 e. The topological polar surface area (TPSA) is 81.7 Å². The largest absolute Gasteiger partial charge is 0.496 e. The fraction of sp³-hybridized carbons (Fsp3) is 0.188. The van der Waals surface area contributed by atoms with Crippen LogP contribution in [0.1, 0.15) is 15.9 Å². The minimum atomic E-state index is -3.65. The Hall–Kier alpha value is -1.90. The second-order valence-corrected chi connectivity index (χ2v) is 7.49. The zero-order valence-electron chi connectivity index (χ0n) is 13.1. The molecule has 0 aliphatic carbocycles. The fourth-order valence-electron chi connectivity index (χ4n) is 2.01. The predicted octanol–water partition coefficient (Wildman–Crippen LogP) is 2.72. The summed E-state index contributed by atoms with van der Waals surface area (Å²) >= 11 is 3.26. The molecule has 0 saturated heterocycles. The minimum Gasteiger partial charge on any atom is -0.496 e. The van der Waals surface area contributed by atoms with Gasteiger partial charge in [0.1, 0.15) is 11.3 Å². The maximum atomic E-state index is 12.3. The minimum absolute atomic E-state index is 0.0341. The van der Waals surface area contributed by atoms with E-state index >= 15 is 0 Å². The Kier molecular flexibility index (Phi) is 5.98. The molecule has 0 aliphatic rings. The van der Waals surface area contributed by atoms with E-state index < -0.39 is 16.0 Å². The number of hydrogen-bond donors (Lipinski definition) is 1. The second-order valence-electron chi connectivity index (χ2n) is 4.80. The van der Waals surface area contributed by atoms with Crippen LogP contribution >= 0.6 is 15.9 Å². The van der Waals surface area contributed by atoms with Crippen molar-refractivity contribution >= 4 is 31.9 Å². The molecule has 0 saturated carbocycles. The molecule has 0 amide bonds. The monoisotopic (exact) mass is 413 g/mol. The van der Waals surface area contributed by atoms with Crippen molar-refractivity contribution in [2.24, 2.45) is 0 Å². The number of sulfonamides is 1. The summed E-state index contributed by atoms with van der Waals surface area (Å²) in [5.74, 6) is -0.189. The molecule has 0 bridgehead atoms. The summed E-state index contributed by atoms with van der Waals surface area (Å²) in [5, 5.41) is 0. The Morgan fingerprint density at radius 1 is 1.12 bits per heavy atom. The highest BCUT2D eigenvalue weighted by Gasteiger charge is 2.16. The van der Waals surface area contributed by atoms with Gasteiger partial charge in [0, 0.05) is 11.0 Å². The number of methoxy groups -OCH3 is 2. The number of rotatable bonds is 6. The molecule has 0 spiro atoms. The van der Waals surface area contributed by atoms with Crippen LogP contribution in [0, 0.1) is 0 Å². The zero-order valence-corrected chi connectivity index (χ0v) is 15.5. The number of ether oxygens (including phenoxy) is 2. The third-order valence-corrected chi connectivity index (χ3v) is 5.21. The van der Waals surface area contributed by atoms with Gasteiger partial charge < -0.3 is 9.47 Å². The molecule has 24 heavy (non-hydrogen) atoms. The average Bonchev–Trinajstić information content (AvgIpc) is 2.59. The lowest BCUT2D eigenvalue weighted by Gasteiger charge is -2.10. The molecule has 0 aliphatic heterocycles. The molecule has 2 rings (SSSR count). The summed E-state index contributed by atoms with van der Waals surface area (Å²) in [4.78, 5) is 11.9. The highest BCUT2D eigenvalue weighted by Crippen LogP contribution is 2.21. The second kappa shape index (κ2) is 7.78. The lowest BCUT2D eigenvalue weighted by Crippen LogP contribution is -2.23. The summed E-state index contributed by atoms with van der Waals surface area (Å²) < 4.78 is 37.6. The van der Waals surface area contributed by atoms with Gasteiger partial charge in [-0.1, -0.05) is 22.0 Å². The summed E-state index contributed by atoms with van der Waals surface area (Å²) in [6.07, 6.45) is 0. The molecule has 0 aromatic heterocycles.